The van der Waals surface area contributed by atoms with Crippen molar-refractivity contribution in [3.8, 4) is 5.75 Å². The summed E-state index contributed by atoms with van der Waals surface area (Å²) in [6, 6.07) is 13.3. The van der Waals surface area contributed by atoms with Crippen molar-refractivity contribution in [3.63, 3.8) is 0 Å². The van der Waals surface area contributed by atoms with Gasteiger partial charge < -0.3 is 14.8 Å². The number of carbonyl (C=O) groups is 2. The molecule has 0 aliphatic heterocycles. The zero-order valence-electron chi connectivity index (χ0n) is 17.7. The van der Waals surface area contributed by atoms with Crippen LogP contribution in [0.25, 0.3) is 0 Å². The van der Waals surface area contributed by atoms with Crippen molar-refractivity contribution in [2.24, 2.45) is 0 Å². The Bertz CT molecular complexity index is 1050. The van der Waals surface area contributed by atoms with Crippen LogP contribution in [0.5, 0.6) is 5.75 Å². The average molecular weight is 447 g/mol. The van der Waals surface area contributed by atoms with Gasteiger partial charge in [0.1, 0.15) is 10.6 Å². The number of carbonyl (C=O) groups excluding carboxylic acids is 2. The van der Waals surface area contributed by atoms with Gasteiger partial charge >= 0.3 is 5.97 Å². The van der Waals surface area contributed by atoms with Crippen LogP contribution < -0.4 is 10.1 Å². The molecule has 1 aliphatic carbocycles. The molecule has 1 N–H and O–H groups in total. The monoisotopic (exact) mass is 446 g/mol. The molecule has 1 amide bonds. The number of nitrogens with one attached hydrogen (secondary N) is 1. The minimum Gasteiger partial charge on any atom is -0.495 e. The highest BCUT2D eigenvalue weighted by Crippen LogP contribution is 2.28. The average Bonchev–Trinajstić information content (AvgIpc) is 3.57. The SMILES string of the molecule is COc1ccc(C(=O)O[C@H](C)C(=O)NC2CC2)cc1S(=O)(=O)N(C)Cc1ccccc1. The molecule has 2 aromatic rings. The fourth-order valence-electron chi connectivity index (χ4n) is 2.93. The van der Waals surface area contributed by atoms with E-state index >= 15 is 0 Å². The van der Waals surface area contributed by atoms with E-state index in [9.17, 15) is 18.0 Å². The number of rotatable bonds is 9. The first-order chi connectivity index (χ1) is 14.7. The van der Waals surface area contributed by atoms with E-state index in [2.05, 4.69) is 5.32 Å². The summed E-state index contributed by atoms with van der Waals surface area (Å²) in [5.41, 5.74) is 0.831. The minimum absolute atomic E-state index is 0.0126. The normalized spacial score (nSPS) is 14.7. The highest BCUT2D eigenvalue weighted by molar-refractivity contribution is 7.89. The molecule has 0 aromatic heterocycles. The summed E-state index contributed by atoms with van der Waals surface area (Å²) < 4.78 is 38.0. The molecule has 0 bridgehead atoms. The Morgan fingerprint density at radius 1 is 1.16 bits per heavy atom. The number of methoxy groups -OCH3 is 1. The summed E-state index contributed by atoms with van der Waals surface area (Å²) in [6.07, 6.45) is 0.849. The van der Waals surface area contributed by atoms with Gasteiger partial charge in [0.15, 0.2) is 6.10 Å². The van der Waals surface area contributed by atoms with Crippen molar-refractivity contribution in [2.75, 3.05) is 14.2 Å². The fourth-order valence-corrected chi connectivity index (χ4v) is 4.26. The van der Waals surface area contributed by atoms with Crippen LogP contribution in [0.3, 0.4) is 0 Å². The minimum atomic E-state index is -3.97. The Morgan fingerprint density at radius 3 is 2.45 bits per heavy atom. The van der Waals surface area contributed by atoms with Crippen LogP contribution in [-0.2, 0) is 26.1 Å². The Labute approximate surface area is 182 Å². The molecule has 0 radical (unpaired) electrons. The van der Waals surface area contributed by atoms with Gasteiger partial charge in [-0.2, -0.15) is 4.31 Å². The molecular formula is C22H26N2O6S. The third-order valence-corrected chi connectivity index (χ3v) is 6.74. The Hall–Kier alpha value is -2.91. The highest BCUT2D eigenvalue weighted by atomic mass is 32.2. The molecule has 1 fully saturated rings. The number of benzene rings is 2. The molecule has 9 heteroatoms. The van der Waals surface area contributed by atoms with Gasteiger partial charge in [0.05, 0.1) is 12.7 Å². The lowest BCUT2D eigenvalue weighted by Crippen LogP contribution is -2.37. The quantitative estimate of drug-likeness (QED) is 0.593. The number of hydrogen-bond acceptors (Lipinski definition) is 6. The molecule has 2 aromatic carbocycles. The van der Waals surface area contributed by atoms with Crippen molar-refractivity contribution in [1.82, 2.24) is 9.62 Å². The van der Waals surface area contributed by atoms with E-state index in [0.29, 0.717) is 0 Å². The lowest BCUT2D eigenvalue weighted by Gasteiger charge is -2.20. The first kappa shape index (κ1) is 22.8. The van der Waals surface area contributed by atoms with Crippen molar-refractivity contribution >= 4 is 21.9 Å². The topological polar surface area (TPSA) is 102 Å². The number of esters is 1. The number of sulfonamides is 1. The summed E-state index contributed by atoms with van der Waals surface area (Å²) in [6.45, 7) is 1.63. The zero-order valence-corrected chi connectivity index (χ0v) is 18.5. The van der Waals surface area contributed by atoms with Gasteiger partial charge in [-0.3, -0.25) is 4.79 Å². The van der Waals surface area contributed by atoms with Gasteiger partial charge in [-0.1, -0.05) is 30.3 Å². The predicted octanol–water partition coefficient (Wildman–Crippen LogP) is 2.34. The molecule has 1 atom stereocenters. The Kier molecular flexibility index (Phi) is 6.97. The van der Waals surface area contributed by atoms with Crippen LogP contribution >= 0.6 is 0 Å². The van der Waals surface area contributed by atoms with Gasteiger partial charge in [0.25, 0.3) is 5.91 Å². The number of ether oxygens (including phenoxy) is 2. The summed E-state index contributed by atoms with van der Waals surface area (Å²) in [5.74, 6) is -1.06. The van der Waals surface area contributed by atoms with E-state index in [1.165, 1.54) is 43.6 Å². The maximum atomic E-state index is 13.2. The summed E-state index contributed by atoms with van der Waals surface area (Å²) in [4.78, 5) is 24.4. The molecule has 0 unspecified atom stereocenters. The molecular weight excluding hydrogens is 420 g/mol. The third kappa shape index (κ3) is 5.62. The molecule has 0 saturated heterocycles. The molecule has 0 spiro atoms. The number of nitrogens with zero attached hydrogens (tertiary/aromatic N) is 1. The lowest BCUT2D eigenvalue weighted by molar-refractivity contribution is -0.129. The molecule has 1 saturated carbocycles. The third-order valence-electron chi connectivity index (χ3n) is 4.91. The number of amides is 1. The van der Waals surface area contributed by atoms with Gasteiger partial charge in [-0.25, -0.2) is 13.2 Å². The lowest BCUT2D eigenvalue weighted by atomic mass is 10.2. The molecule has 0 heterocycles. The van der Waals surface area contributed by atoms with Crippen molar-refractivity contribution < 1.29 is 27.5 Å². The zero-order chi connectivity index (χ0) is 22.6. The second-order valence-electron chi connectivity index (χ2n) is 7.44. The van der Waals surface area contributed by atoms with E-state index in [1.807, 2.05) is 30.3 Å². The predicted molar refractivity (Wildman–Crippen MR) is 114 cm³/mol. The maximum absolute atomic E-state index is 13.2. The molecule has 31 heavy (non-hydrogen) atoms. The standard InChI is InChI=1S/C22H26N2O6S/c1-15(21(25)23-18-10-11-18)30-22(26)17-9-12-19(29-3)20(13-17)31(27,28)24(2)14-16-7-5-4-6-8-16/h4-9,12-13,15,18H,10-11,14H2,1-3H3,(H,23,25)/t15-/m1/s1. The smallest absolute Gasteiger partial charge is 0.338 e. The van der Waals surface area contributed by atoms with Crippen LogP contribution in [0.15, 0.2) is 53.4 Å². The highest BCUT2D eigenvalue weighted by Gasteiger charge is 2.29. The van der Waals surface area contributed by atoms with Crippen molar-refractivity contribution in [2.45, 2.75) is 43.4 Å². The fraction of sp³-hybridized carbons (Fsp3) is 0.364. The van der Waals surface area contributed by atoms with Crippen molar-refractivity contribution in [3.05, 3.63) is 59.7 Å². The van der Waals surface area contributed by atoms with Gasteiger partial charge in [-0.15, -0.1) is 0 Å². The summed E-state index contributed by atoms with van der Waals surface area (Å²) in [7, 11) is -1.16. The van der Waals surface area contributed by atoms with E-state index in [4.69, 9.17) is 9.47 Å². The van der Waals surface area contributed by atoms with Crippen LogP contribution in [0, 0.1) is 0 Å². The van der Waals surface area contributed by atoms with Crippen molar-refractivity contribution in [1.29, 1.82) is 0 Å². The first-order valence-corrected chi connectivity index (χ1v) is 11.4. The molecule has 3 rings (SSSR count). The van der Waals surface area contributed by atoms with Crippen LogP contribution in [0.2, 0.25) is 0 Å². The van der Waals surface area contributed by atoms with E-state index in [1.54, 1.807) is 0 Å². The summed E-state index contributed by atoms with van der Waals surface area (Å²) in [5, 5.41) is 2.76. The van der Waals surface area contributed by atoms with Crippen LogP contribution in [0.4, 0.5) is 0 Å². The van der Waals surface area contributed by atoms with Gasteiger partial charge in [0.2, 0.25) is 10.0 Å². The summed E-state index contributed by atoms with van der Waals surface area (Å²) >= 11 is 0. The Morgan fingerprint density at radius 2 is 1.84 bits per heavy atom. The van der Waals surface area contributed by atoms with E-state index in [-0.39, 0.29) is 34.7 Å². The second kappa shape index (κ2) is 9.49. The Balaban J connectivity index is 1.80. The molecule has 166 valence electrons. The van der Waals surface area contributed by atoms with Gasteiger partial charge in [-0.05, 0) is 43.5 Å². The van der Waals surface area contributed by atoms with Gasteiger partial charge in [0, 0.05) is 19.6 Å². The number of hydrogen-bond donors (Lipinski definition) is 1. The first-order valence-electron chi connectivity index (χ1n) is 9.92. The largest absolute Gasteiger partial charge is 0.495 e. The maximum Gasteiger partial charge on any atom is 0.338 e. The van der Waals surface area contributed by atoms with E-state index < -0.39 is 22.1 Å². The molecule has 1 aliphatic rings. The molecule has 8 nitrogen and oxygen atoms in total. The van der Waals surface area contributed by atoms with E-state index in [0.717, 1.165) is 18.4 Å². The van der Waals surface area contributed by atoms with Crippen LogP contribution in [0.1, 0.15) is 35.7 Å². The second-order valence-corrected chi connectivity index (χ2v) is 9.46. The van der Waals surface area contributed by atoms with Crippen LogP contribution in [-0.4, -0.2) is 50.9 Å².